The van der Waals surface area contributed by atoms with E-state index in [1.165, 1.54) is 18.2 Å². The molecule has 0 aliphatic heterocycles. The van der Waals surface area contributed by atoms with Gasteiger partial charge in [0.2, 0.25) is 0 Å². The van der Waals surface area contributed by atoms with E-state index >= 15 is 0 Å². The van der Waals surface area contributed by atoms with Crippen molar-refractivity contribution in [2.24, 2.45) is 5.73 Å². The van der Waals surface area contributed by atoms with Crippen LogP contribution in [0.1, 0.15) is 11.1 Å². The van der Waals surface area contributed by atoms with Gasteiger partial charge in [0.05, 0.1) is 15.6 Å². The maximum Gasteiger partial charge on any atom is 0.261 e. The van der Waals surface area contributed by atoms with Crippen molar-refractivity contribution in [2.75, 3.05) is 4.72 Å². The number of anilines is 1. The van der Waals surface area contributed by atoms with Crippen molar-refractivity contribution in [1.29, 1.82) is 0 Å². The van der Waals surface area contributed by atoms with Gasteiger partial charge in [-0.1, -0.05) is 36.0 Å². The number of aryl methyl sites for hydroxylation is 1. The second kappa shape index (κ2) is 6.01. The van der Waals surface area contributed by atoms with Crippen molar-refractivity contribution in [3.8, 4) is 0 Å². The van der Waals surface area contributed by atoms with Crippen LogP contribution in [0.5, 0.6) is 0 Å². The van der Waals surface area contributed by atoms with E-state index in [4.69, 9.17) is 29.6 Å². The van der Waals surface area contributed by atoms with Gasteiger partial charge in [0.15, 0.2) is 0 Å². The Balaban J connectivity index is 2.35. The lowest BCUT2D eigenvalue weighted by atomic mass is 10.2. The maximum atomic E-state index is 12.3. The number of thiocarbonyl (C=S) groups is 1. The highest BCUT2D eigenvalue weighted by Gasteiger charge is 2.16. The molecule has 0 aliphatic carbocycles. The first-order valence-electron chi connectivity index (χ1n) is 5.98. The fourth-order valence-electron chi connectivity index (χ4n) is 1.74. The first-order valence-corrected chi connectivity index (χ1v) is 8.25. The number of sulfonamides is 1. The topological polar surface area (TPSA) is 72.2 Å². The van der Waals surface area contributed by atoms with E-state index in [1.807, 2.05) is 13.0 Å². The lowest BCUT2D eigenvalue weighted by molar-refractivity contribution is 0.601. The summed E-state index contributed by atoms with van der Waals surface area (Å²) >= 11 is 10.9. The predicted molar refractivity (Wildman–Crippen MR) is 89.3 cm³/mol. The highest BCUT2D eigenvalue weighted by atomic mass is 35.5. The van der Waals surface area contributed by atoms with Gasteiger partial charge < -0.3 is 5.73 Å². The summed E-state index contributed by atoms with van der Waals surface area (Å²) in [5.41, 5.74) is 7.21. The molecule has 0 atom stereocenters. The molecule has 2 aromatic carbocycles. The lowest BCUT2D eigenvalue weighted by Crippen LogP contribution is -2.14. The van der Waals surface area contributed by atoms with Crippen LogP contribution in [0.25, 0.3) is 0 Å². The highest BCUT2D eigenvalue weighted by Crippen LogP contribution is 2.26. The van der Waals surface area contributed by atoms with Gasteiger partial charge in [-0.25, -0.2) is 8.42 Å². The Hall–Kier alpha value is -1.63. The second-order valence-electron chi connectivity index (χ2n) is 4.48. The minimum Gasteiger partial charge on any atom is -0.389 e. The average Bonchev–Trinajstić information content (AvgIpc) is 2.40. The summed E-state index contributed by atoms with van der Waals surface area (Å²) in [7, 11) is -3.69. The molecule has 0 bridgehead atoms. The van der Waals surface area contributed by atoms with Gasteiger partial charge in [0.25, 0.3) is 10.0 Å². The molecule has 0 aliphatic rings. The van der Waals surface area contributed by atoms with Crippen LogP contribution in [-0.4, -0.2) is 13.4 Å². The molecule has 4 nitrogen and oxygen atoms in total. The van der Waals surface area contributed by atoms with Gasteiger partial charge in [-0.05, 0) is 42.8 Å². The van der Waals surface area contributed by atoms with Crippen LogP contribution >= 0.6 is 23.8 Å². The zero-order valence-electron chi connectivity index (χ0n) is 11.1. The third-order valence-electron chi connectivity index (χ3n) is 2.80. The molecule has 0 heterocycles. The Morgan fingerprint density at radius 1 is 1.24 bits per heavy atom. The molecule has 0 aromatic heterocycles. The average molecular weight is 341 g/mol. The quantitative estimate of drug-likeness (QED) is 0.839. The third kappa shape index (κ3) is 3.72. The van der Waals surface area contributed by atoms with Gasteiger partial charge in [0.1, 0.15) is 4.99 Å². The SMILES string of the molecule is Cc1cccc(S(=O)(=O)Nc2ccc(C(N)=S)cc2Cl)c1. The van der Waals surface area contributed by atoms with Crippen LogP contribution in [0, 0.1) is 6.92 Å². The molecular formula is C14H13ClN2O2S2. The van der Waals surface area contributed by atoms with Crippen LogP contribution < -0.4 is 10.5 Å². The number of hydrogen-bond acceptors (Lipinski definition) is 3. The van der Waals surface area contributed by atoms with Gasteiger partial charge in [0, 0.05) is 5.56 Å². The molecule has 0 saturated heterocycles. The minimum absolute atomic E-state index is 0.178. The second-order valence-corrected chi connectivity index (χ2v) is 7.01. The van der Waals surface area contributed by atoms with Gasteiger partial charge >= 0.3 is 0 Å². The first-order chi connectivity index (χ1) is 9.79. The summed E-state index contributed by atoms with van der Waals surface area (Å²) in [6.07, 6.45) is 0. The molecule has 110 valence electrons. The van der Waals surface area contributed by atoms with E-state index < -0.39 is 10.0 Å². The lowest BCUT2D eigenvalue weighted by Gasteiger charge is -2.11. The number of benzene rings is 2. The third-order valence-corrected chi connectivity index (χ3v) is 4.71. The van der Waals surface area contributed by atoms with Crippen molar-refractivity contribution in [3.05, 3.63) is 58.6 Å². The molecule has 21 heavy (non-hydrogen) atoms. The summed E-state index contributed by atoms with van der Waals surface area (Å²) in [4.78, 5) is 0.377. The molecule has 0 unspecified atom stereocenters. The van der Waals surface area contributed by atoms with E-state index in [1.54, 1.807) is 18.2 Å². The van der Waals surface area contributed by atoms with Crippen LogP contribution in [0.2, 0.25) is 5.02 Å². The zero-order chi connectivity index (χ0) is 15.6. The normalized spacial score (nSPS) is 11.1. The molecule has 0 fully saturated rings. The molecule has 0 radical (unpaired) electrons. The minimum atomic E-state index is -3.69. The van der Waals surface area contributed by atoms with Crippen LogP contribution in [0.3, 0.4) is 0 Å². The number of nitrogens with two attached hydrogens (primary N) is 1. The maximum absolute atomic E-state index is 12.3. The van der Waals surface area contributed by atoms with Crippen molar-refractivity contribution in [2.45, 2.75) is 11.8 Å². The van der Waals surface area contributed by atoms with Crippen molar-refractivity contribution in [1.82, 2.24) is 0 Å². The Morgan fingerprint density at radius 2 is 1.95 bits per heavy atom. The smallest absolute Gasteiger partial charge is 0.261 e. The monoisotopic (exact) mass is 340 g/mol. The molecule has 0 spiro atoms. The van der Waals surface area contributed by atoms with Crippen LogP contribution in [0.15, 0.2) is 47.4 Å². The molecule has 7 heteroatoms. The molecule has 0 amide bonds. The molecule has 3 N–H and O–H groups in total. The molecular weight excluding hydrogens is 328 g/mol. The predicted octanol–water partition coefficient (Wildman–Crippen LogP) is 3.08. The number of rotatable bonds is 4. The van der Waals surface area contributed by atoms with E-state index in [0.29, 0.717) is 5.56 Å². The number of nitrogens with one attached hydrogen (secondary N) is 1. The number of halogens is 1. The summed E-state index contributed by atoms with van der Waals surface area (Å²) in [6.45, 7) is 1.82. The molecule has 2 rings (SSSR count). The van der Waals surface area contributed by atoms with Crippen LogP contribution in [0.4, 0.5) is 5.69 Å². The Kier molecular flexibility index (Phi) is 4.51. The van der Waals surface area contributed by atoms with Crippen molar-refractivity contribution < 1.29 is 8.42 Å². The highest BCUT2D eigenvalue weighted by molar-refractivity contribution is 7.92. The van der Waals surface area contributed by atoms with E-state index in [2.05, 4.69) is 4.72 Å². The zero-order valence-corrected chi connectivity index (χ0v) is 13.5. The van der Waals surface area contributed by atoms with Crippen molar-refractivity contribution >= 4 is 44.5 Å². The largest absolute Gasteiger partial charge is 0.389 e. The first kappa shape index (κ1) is 15.8. The summed E-state index contributed by atoms with van der Waals surface area (Å²) in [5.74, 6) is 0. The van der Waals surface area contributed by atoms with Crippen molar-refractivity contribution in [3.63, 3.8) is 0 Å². The summed E-state index contributed by atoms with van der Waals surface area (Å²) in [5, 5.41) is 0.233. The van der Waals surface area contributed by atoms with Crippen LogP contribution in [-0.2, 0) is 10.0 Å². The summed E-state index contributed by atoms with van der Waals surface area (Å²) in [6, 6.07) is 11.3. The fraction of sp³-hybridized carbons (Fsp3) is 0.0714. The molecule has 0 saturated carbocycles. The van der Waals surface area contributed by atoms with E-state index in [9.17, 15) is 8.42 Å². The Labute approximate surface area is 134 Å². The van der Waals surface area contributed by atoms with E-state index in [-0.39, 0.29) is 20.6 Å². The Morgan fingerprint density at radius 3 is 2.52 bits per heavy atom. The fourth-order valence-corrected chi connectivity index (χ4v) is 3.33. The van der Waals surface area contributed by atoms with E-state index in [0.717, 1.165) is 5.56 Å². The van der Waals surface area contributed by atoms with Gasteiger partial charge in [-0.2, -0.15) is 0 Å². The summed E-state index contributed by atoms with van der Waals surface area (Å²) < 4.78 is 27.1. The van der Waals surface area contributed by atoms with Gasteiger partial charge in [-0.3, -0.25) is 4.72 Å². The Bertz CT molecular complexity index is 804. The molecule has 2 aromatic rings. The standard InChI is InChI=1S/C14H13ClN2O2S2/c1-9-3-2-4-11(7-9)21(18,19)17-13-6-5-10(14(16)20)8-12(13)15/h2-8,17H,1H3,(H2,16,20). The number of hydrogen-bond donors (Lipinski definition) is 2. The van der Waals surface area contributed by atoms with Gasteiger partial charge in [-0.15, -0.1) is 0 Å².